The number of aromatic nitrogens is 1. The van der Waals surface area contributed by atoms with E-state index < -0.39 is 0 Å². The van der Waals surface area contributed by atoms with Crippen LogP contribution in [-0.4, -0.2) is 22.5 Å². The Bertz CT molecular complexity index is 568. The van der Waals surface area contributed by atoms with Crippen molar-refractivity contribution in [2.45, 2.75) is 52.9 Å². The predicted octanol–water partition coefficient (Wildman–Crippen LogP) is 3.56. The first-order valence-electron chi connectivity index (χ1n) is 7.23. The van der Waals surface area contributed by atoms with Crippen molar-refractivity contribution in [1.29, 1.82) is 0 Å². The highest BCUT2D eigenvalue weighted by Crippen LogP contribution is 2.16. The third-order valence-corrected chi connectivity index (χ3v) is 3.98. The van der Waals surface area contributed by atoms with Crippen molar-refractivity contribution < 1.29 is 4.42 Å². The number of thiazole rings is 1. The number of aryl methyl sites for hydroxylation is 1. The average Bonchev–Trinajstić information content (AvgIpc) is 2.95. The molecular weight excluding hydrogens is 282 g/mol. The van der Waals surface area contributed by atoms with Crippen LogP contribution in [-0.2, 0) is 19.6 Å². The lowest BCUT2D eigenvalue weighted by molar-refractivity contribution is 0.309. The number of hydrogen-bond acceptors (Lipinski definition) is 5. The van der Waals surface area contributed by atoms with E-state index in [0.717, 1.165) is 36.1 Å². The van der Waals surface area contributed by atoms with E-state index in [9.17, 15) is 0 Å². The molecule has 0 aromatic carbocycles. The third kappa shape index (κ3) is 5.26. The normalized spacial score (nSPS) is 12.3. The average molecular weight is 307 g/mol. The van der Waals surface area contributed by atoms with E-state index in [1.807, 2.05) is 6.92 Å². The fourth-order valence-electron chi connectivity index (χ4n) is 2.11. The monoisotopic (exact) mass is 307 g/mol. The zero-order chi connectivity index (χ0) is 15.5. The molecule has 5 heteroatoms. The minimum atomic E-state index is 0.0914. The first-order valence-corrected chi connectivity index (χ1v) is 8.11. The highest BCUT2D eigenvalue weighted by Gasteiger charge is 2.14. The molecule has 0 fully saturated rings. The van der Waals surface area contributed by atoms with Crippen molar-refractivity contribution in [1.82, 2.24) is 15.2 Å². The van der Waals surface area contributed by atoms with E-state index in [1.165, 1.54) is 5.56 Å². The Hall–Kier alpha value is -1.17. The van der Waals surface area contributed by atoms with Gasteiger partial charge in [-0.1, -0.05) is 0 Å². The van der Waals surface area contributed by atoms with Gasteiger partial charge in [-0.3, -0.25) is 4.90 Å². The molecule has 0 saturated carbocycles. The van der Waals surface area contributed by atoms with E-state index in [0.29, 0.717) is 0 Å². The number of nitrogens with zero attached hydrogens (tertiary/aromatic N) is 2. The van der Waals surface area contributed by atoms with Gasteiger partial charge in [-0.05, 0) is 40.8 Å². The molecule has 0 aliphatic heterocycles. The van der Waals surface area contributed by atoms with E-state index in [4.69, 9.17) is 4.42 Å². The van der Waals surface area contributed by atoms with Crippen LogP contribution in [0.25, 0.3) is 0 Å². The molecule has 21 heavy (non-hydrogen) atoms. The lowest BCUT2D eigenvalue weighted by Crippen LogP contribution is -2.35. The Balaban J connectivity index is 1.92. The van der Waals surface area contributed by atoms with Gasteiger partial charge in [-0.2, -0.15) is 0 Å². The molecule has 0 atom stereocenters. The molecule has 2 aromatic heterocycles. The number of rotatable bonds is 6. The summed E-state index contributed by atoms with van der Waals surface area (Å²) in [7, 11) is 2.11. The van der Waals surface area contributed by atoms with Gasteiger partial charge >= 0.3 is 0 Å². The Kier molecular flexibility index (Phi) is 5.19. The molecule has 0 bridgehead atoms. The molecular formula is C16H25N3OS. The second-order valence-electron chi connectivity index (χ2n) is 6.50. The van der Waals surface area contributed by atoms with E-state index in [2.05, 4.69) is 54.5 Å². The molecule has 0 amide bonds. The quantitative estimate of drug-likeness (QED) is 0.886. The largest absolute Gasteiger partial charge is 0.468 e. The standard InChI is InChI=1S/C16H25N3OS/c1-12-18-14(11-21-12)10-19(5)9-13-6-7-20-15(13)8-17-16(2,3)4/h6-7,11,17H,8-10H2,1-5H3. The van der Waals surface area contributed by atoms with Crippen LogP contribution < -0.4 is 5.32 Å². The summed E-state index contributed by atoms with van der Waals surface area (Å²) >= 11 is 1.70. The Morgan fingerprint density at radius 3 is 2.71 bits per heavy atom. The topological polar surface area (TPSA) is 41.3 Å². The van der Waals surface area contributed by atoms with E-state index in [1.54, 1.807) is 17.6 Å². The lowest BCUT2D eigenvalue weighted by atomic mass is 10.1. The predicted molar refractivity (Wildman–Crippen MR) is 87.3 cm³/mol. The molecule has 1 N–H and O–H groups in total. The van der Waals surface area contributed by atoms with Gasteiger partial charge in [-0.25, -0.2) is 4.98 Å². The van der Waals surface area contributed by atoms with Crippen LogP contribution >= 0.6 is 11.3 Å². The number of hydrogen-bond donors (Lipinski definition) is 1. The summed E-state index contributed by atoms with van der Waals surface area (Å²) in [6.07, 6.45) is 1.77. The molecule has 0 spiro atoms. The van der Waals surface area contributed by atoms with E-state index >= 15 is 0 Å². The lowest BCUT2D eigenvalue weighted by Gasteiger charge is -2.20. The van der Waals surface area contributed by atoms with Crippen LogP contribution in [0.15, 0.2) is 22.1 Å². The SMILES string of the molecule is Cc1nc(CN(C)Cc2ccoc2CNC(C)(C)C)cs1. The van der Waals surface area contributed by atoms with Crippen LogP contribution in [0.1, 0.15) is 42.8 Å². The van der Waals surface area contributed by atoms with Crippen LogP contribution in [0.3, 0.4) is 0 Å². The molecule has 0 saturated heterocycles. The number of nitrogens with one attached hydrogen (secondary N) is 1. The third-order valence-electron chi connectivity index (χ3n) is 3.16. The first-order chi connectivity index (χ1) is 9.83. The van der Waals surface area contributed by atoms with Gasteiger partial charge in [0.1, 0.15) is 5.76 Å². The summed E-state index contributed by atoms with van der Waals surface area (Å²) < 4.78 is 5.61. The van der Waals surface area contributed by atoms with Crippen molar-refractivity contribution in [2.75, 3.05) is 7.05 Å². The maximum Gasteiger partial charge on any atom is 0.122 e. The summed E-state index contributed by atoms with van der Waals surface area (Å²) in [5, 5.41) is 6.72. The van der Waals surface area contributed by atoms with Gasteiger partial charge < -0.3 is 9.73 Å². The summed E-state index contributed by atoms with van der Waals surface area (Å²) in [6.45, 7) is 11.0. The molecule has 2 aromatic rings. The van der Waals surface area contributed by atoms with Crippen molar-refractivity contribution >= 4 is 11.3 Å². The minimum Gasteiger partial charge on any atom is -0.468 e. The molecule has 0 aliphatic rings. The van der Waals surface area contributed by atoms with Crippen molar-refractivity contribution in [3.63, 3.8) is 0 Å². The summed E-state index contributed by atoms with van der Waals surface area (Å²) in [6, 6.07) is 2.06. The molecule has 2 heterocycles. The van der Waals surface area contributed by atoms with Crippen molar-refractivity contribution in [3.05, 3.63) is 39.7 Å². The zero-order valence-corrected chi connectivity index (χ0v) is 14.4. The van der Waals surface area contributed by atoms with Crippen LogP contribution in [0.4, 0.5) is 0 Å². The maximum atomic E-state index is 5.61. The highest BCUT2D eigenvalue weighted by atomic mass is 32.1. The highest BCUT2D eigenvalue weighted by molar-refractivity contribution is 7.09. The van der Waals surface area contributed by atoms with Crippen molar-refractivity contribution in [2.24, 2.45) is 0 Å². The van der Waals surface area contributed by atoms with Crippen LogP contribution in [0.5, 0.6) is 0 Å². The molecule has 0 unspecified atom stereocenters. The maximum absolute atomic E-state index is 5.61. The first kappa shape index (κ1) is 16.2. The molecule has 0 aliphatic carbocycles. The summed E-state index contributed by atoms with van der Waals surface area (Å²) in [5.41, 5.74) is 2.47. The zero-order valence-electron chi connectivity index (χ0n) is 13.6. The Morgan fingerprint density at radius 2 is 2.10 bits per heavy atom. The molecule has 2 rings (SSSR count). The van der Waals surface area contributed by atoms with Gasteiger partial charge in [0.25, 0.3) is 0 Å². The summed E-state index contributed by atoms with van der Waals surface area (Å²) in [4.78, 5) is 6.78. The van der Waals surface area contributed by atoms with E-state index in [-0.39, 0.29) is 5.54 Å². The van der Waals surface area contributed by atoms with Gasteiger partial charge in [0, 0.05) is 29.6 Å². The smallest absolute Gasteiger partial charge is 0.122 e. The van der Waals surface area contributed by atoms with Crippen LogP contribution in [0, 0.1) is 6.92 Å². The summed E-state index contributed by atoms with van der Waals surface area (Å²) in [5.74, 6) is 1.02. The van der Waals surface area contributed by atoms with Gasteiger partial charge in [0.15, 0.2) is 0 Å². The fourth-order valence-corrected chi connectivity index (χ4v) is 2.72. The second kappa shape index (κ2) is 6.73. The molecule has 0 radical (unpaired) electrons. The second-order valence-corrected chi connectivity index (χ2v) is 7.56. The minimum absolute atomic E-state index is 0.0914. The van der Waals surface area contributed by atoms with Crippen LogP contribution in [0.2, 0.25) is 0 Å². The Labute approximate surface area is 131 Å². The van der Waals surface area contributed by atoms with Gasteiger partial charge in [0.2, 0.25) is 0 Å². The fraction of sp³-hybridized carbons (Fsp3) is 0.562. The van der Waals surface area contributed by atoms with Crippen molar-refractivity contribution in [3.8, 4) is 0 Å². The van der Waals surface area contributed by atoms with Gasteiger partial charge in [0.05, 0.1) is 23.5 Å². The van der Waals surface area contributed by atoms with Gasteiger partial charge in [-0.15, -0.1) is 11.3 Å². The molecule has 116 valence electrons. The Morgan fingerprint density at radius 1 is 1.33 bits per heavy atom. The molecule has 4 nitrogen and oxygen atoms in total. The number of furan rings is 1.